The van der Waals surface area contributed by atoms with Crippen molar-refractivity contribution in [1.29, 1.82) is 5.26 Å². The first-order valence-electron chi connectivity index (χ1n) is 6.74. The van der Waals surface area contributed by atoms with Gasteiger partial charge in [-0.1, -0.05) is 6.07 Å². The van der Waals surface area contributed by atoms with E-state index in [1.165, 1.54) is 24.3 Å². The summed E-state index contributed by atoms with van der Waals surface area (Å²) in [5.41, 5.74) is -2.02. The molecule has 0 aliphatic rings. The summed E-state index contributed by atoms with van der Waals surface area (Å²) in [6.45, 7) is 1.76. The fourth-order valence-electron chi connectivity index (χ4n) is 2.21. The van der Waals surface area contributed by atoms with E-state index in [9.17, 15) is 22.8 Å². The van der Waals surface area contributed by atoms with Gasteiger partial charge >= 0.3 is 11.9 Å². The Labute approximate surface area is 134 Å². The summed E-state index contributed by atoms with van der Waals surface area (Å²) in [6, 6.07) is 6.72. The predicted molar refractivity (Wildman–Crippen MR) is 81.7 cm³/mol. The molecular formula is C16H12F3N3O2. The highest BCUT2D eigenvalue weighted by Crippen LogP contribution is 2.27. The van der Waals surface area contributed by atoms with Crippen molar-refractivity contribution < 1.29 is 13.2 Å². The van der Waals surface area contributed by atoms with Gasteiger partial charge in [0.2, 0.25) is 0 Å². The van der Waals surface area contributed by atoms with Gasteiger partial charge in [0.25, 0.3) is 5.56 Å². The number of nitriles is 1. The van der Waals surface area contributed by atoms with Gasteiger partial charge < -0.3 is 0 Å². The van der Waals surface area contributed by atoms with Crippen molar-refractivity contribution in [3.63, 3.8) is 0 Å². The Morgan fingerprint density at radius 3 is 2.46 bits per heavy atom. The average molecular weight is 335 g/mol. The molecular weight excluding hydrogens is 323 g/mol. The van der Waals surface area contributed by atoms with Crippen LogP contribution >= 0.6 is 0 Å². The number of aryl methyl sites for hydroxylation is 1. The lowest BCUT2D eigenvalue weighted by Crippen LogP contribution is -2.40. The lowest BCUT2D eigenvalue weighted by Gasteiger charge is -2.14. The third-order valence-corrected chi connectivity index (χ3v) is 3.47. The normalized spacial score (nSPS) is 11.7. The van der Waals surface area contributed by atoms with Crippen LogP contribution in [0.3, 0.4) is 0 Å². The van der Waals surface area contributed by atoms with Crippen LogP contribution < -0.4 is 11.2 Å². The Balaban J connectivity index is 2.74. The Kier molecular flexibility index (Phi) is 4.46. The number of nitrogens with zero attached hydrogens (tertiary/aromatic N) is 3. The Hall–Kier alpha value is -3.08. The van der Waals surface area contributed by atoms with E-state index in [0.29, 0.717) is 20.8 Å². The van der Waals surface area contributed by atoms with Gasteiger partial charge in [-0.2, -0.15) is 18.4 Å². The lowest BCUT2D eigenvalue weighted by atomic mass is 10.1. The Morgan fingerprint density at radius 2 is 1.88 bits per heavy atom. The number of rotatable bonds is 2. The molecule has 0 atom stereocenters. The van der Waals surface area contributed by atoms with Gasteiger partial charge in [-0.05, 0) is 36.3 Å². The summed E-state index contributed by atoms with van der Waals surface area (Å²) >= 11 is 0. The van der Waals surface area contributed by atoms with E-state index in [1.807, 2.05) is 6.07 Å². The topological polar surface area (TPSA) is 67.8 Å². The zero-order chi connectivity index (χ0) is 18.1. The lowest BCUT2D eigenvalue weighted by molar-refractivity contribution is -0.144. The van der Waals surface area contributed by atoms with Crippen LogP contribution in [0.2, 0.25) is 0 Å². The van der Waals surface area contributed by atoms with Gasteiger partial charge in [0.05, 0.1) is 11.8 Å². The van der Waals surface area contributed by atoms with Crippen LogP contribution in [-0.4, -0.2) is 9.13 Å². The first-order chi connectivity index (χ1) is 11.2. The highest BCUT2D eigenvalue weighted by Gasteiger charge is 2.35. The molecule has 0 saturated heterocycles. The molecule has 0 amide bonds. The maximum absolute atomic E-state index is 12.9. The van der Waals surface area contributed by atoms with Crippen molar-refractivity contribution in [3.8, 4) is 11.8 Å². The molecule has 0 fully saturated rings. The molecule has 5 nitrogen and oxygen atoms in total. The Morgan fingerprint density at radius 1 is 1.21 bits per heavy atom. The fraction of sp³-hybridized carbons (Fsp3) is 0.188. The number of allylic oxidation sites excluding steroid dienone is 1. The van der Waals surface area contributed by atoms with Crippen LogP contribution in [0.25, 0.3) is 11.8 Å². The van der Waals surface area contributed by atoms with Gasteiger partial charge in [0.15, 0.2) is 0 Å². The molecule has 1 aromatic carbocycles. The van der Waals surface area contributed by atoms with Crippen molar-refractivity contribution in [2.75, 3.05) is 0 Å². The van der Waals surface area contributed by atoms with Crippen LogP contribution in [0, 0.1) is 18.3 Å². The summed E-state index contributed by atoms with van der Waals surface area (Å²) in [4.78, 5) is 24.3. The first-order valence-corrected chi connectivity index (χ1v) is 6.74. The molecule has 0 aliphatic heterocycles. The van der Waals surface area contributed by atoms with Crippen molar-refractivity contribution in [2.24, 2.45) is 7.05 Å². The van der Waals surface area contributed by atoms with Gasteiger partial charge in [-0.3, -0.25) is 9.36 Å². The molecule has 2 aromatic rings. The minimum atomic E-state index is -4.81. The number of aromatic nitrogens is 2. The van der Waals surface area contributed by atoms with Crippen LogP contribution in [0.1, 0.15) is 16.8 Å². The van der Waals surface area contributed by atoms with E-state index < -0.39 is 23.1 Å². The summed E-state index contributed by atoms with van der Waals surface area (Å²) < 4.78 is 39.6. The van der Waals surface area contributed by atoms with E-state index in [4.69, 9.17) is 5.26 Å². The first kappa shape index (κ1) is 17.3. The fourth-order valence-corrected chi connectivity index (χ4v) is 2.21. The van der Waals surface area contributed by atoms with Crippen LogP contribution in [-0.2, 0) is 13.2 Å². The molecule has 0 saturated carbocycles. The zero-order valence-electron chi connectivity index (χ0n) is 12.8. The minimum Gasteiger partial charge on any atom is -0.292 e. The van der Waals surface area contributed by atoms with Crippen LogP contribution in [0.5, 0.6) is 0 Å². The maximum atomic E-state index is 12.9. The number of hydrogen-bond donors (Lipinski definition) is 0. The molecule has 0 bridgehead atoms. The summed E-state index contributed by atoms with van der Waals surface area (Å²) in [7, 11) is 0.950. The second kappa shape index (κ2) is 6.20. The van der Waals surface area contributed by atoms with Crippen molar-refractivity contribution >= 4 is 6.08 Å². The number of halogens is 3. The van der Waals surface area contributed by atoms with Gasteiger partial charge in [0.1, 0.15) is 5.69 Å². The van der Waals surface area contributed by atoms with Crippen LogP contribution in [0.15, 0.2) is 39.9 Å². The number of hydrogen-bond acceptors (Lipinski definition) is 3. The average Bonchev–Trinajstić information content (AvgIpc) is 2.50. The highest BCUT2D eigenvalue weighted by atomic mass is 19.4. The molecule has 1 aromatic heterocycles. The predicted octanol–water partition coefficient (Wildman–Crippen LogP) is 2.40. The quantitative estimate of drug-likeness (QED) is 0.792. The number of benzene rings is 1. The monoisotopic (exact) mass is 335 g/mol. The van der Waals surface area contributed by atoms with Gasteiger partial charge in [-0.25, -0.2) is 9.36 Å². The second-order valence-corrected chi connectivity index (χ2v) is 5.05. The van der Waals surface area contributed by atoms with Crippen molar-refractivity contribution in [3.05, 3.63) is 68.0 Å². The highest BCUT2D eigenvalue weighted by molar-refractivity contribution is 5.59. The Bertz CT molecular complexity index is 976. The molecule has 0 unspecified atom stereocenters. The molecule has 0 N–H and O–H groups in total. The maximum Gasteiger partial charge on any atom is 0.431 e. The van der Waals surface area contributed by atoms with Crippen molar-refractivity contribution in [1.82, 2.24) is 9.13 Å². The van der Waals surface area contributed by atoms with Gasteiger partial charge in [-0.15, -0.1) is 0 Å². The second-order valence-electron chi connectivity index (χ2n) is 5.05. The zero-order valence-corrected chi connectivity index (χ0v) is 12.8. The van der Waals surface area contributed by atoms with E-state index in [0.717, 1.165) is 12.6 Å². The van der Waals surface area contributed by atoms with Gasteiger partial charge in [0, 0.05) is 19.2 Å². The molecule has 8 heteroatoms. The van der Waals surface area contributed by atoms with E-state index >= 15 is 0 Å². The SMILES string of the molecule is Cc1ccc(-n2c(=O)cc(C(F)(F)F)n(C)c2=O)cc1/C=C/C#N. The molecule has 1 heterocycles. The summed E-state index contributed by atoms with van der Waals surface area (Å²) in [5.74, 6) is 0. The van der Waals surface area contributed by atoms with E-state index in [2.05, 4.69) is 0 Å². The molecule has 0 aliphatic carbocycles. The molecule has 124 valence electrons. The number of alkyl halides is 3. The minimum absolute atomic E-state index is 0.123. The van der Waals surface area contributed by atoms with Crippen LogP contribution in [0.4, 0.5) is 13.2 Å². The summed E-state index contributed by atoms with van der Waals surface area (Å²) in [5, 5.41) is 8.58. The largest absolute Gasteiger partial charge is 0.431 e. The standard InChI is InChI=1S/C16H12F3N3O2/c1-10-5-6-12(8-11(10)4-3-7-20)22-14(23)9-13(16(17,18)19)21(2)15(22)24/h3-6,8-9H,1-2H3/b4-3+. The molecule has 2 rings (SSSR count). The van der Waals surface area contributed by atoms with E-state index in [1.54, 1.807) is 13.0 Å². The smallest absolute Gasteiger partial charge is 0.292 e. The molecule has 0 radical (unpaired) electrons. The molecule has 24 heavy (non-hydrogen) atoms. The third kappa shape index (κ3) is 3.15. The third-order valence-electron chi connectivity index (χ3n) is 3.47. The van der Waals surface area contributed by atoms with Crippen molar-refractivity contribution in [2.45, 2.75) is 13.1 Å². The molecule has 0 spiro atoms. The van der Waals surface area contributed by atoms with E-state index in [-0.39, 0.29) is 5.69 Å². The summed E-state index contributed by atoms with van der Waals surface area (Å²) in [6.07, 6.45) is -2.10.